The Balaban J connectivity index is 2.66. The fourth-order valence-electron chi connectivity index (χ4n) is 1.65. The Morgan fingerprint density at radius 2 is 2.05 bits per heavy atom. The Hall–Kier alpha value is -1.11. The third kappa shape index (κ3) is 6.03. The van der Waals surface area contributed by atoms with Gasteiger partial charge in [-0.1, -0.05) is 19.9 Å². The molecule has 0 spiro atoms. The maximum absolute atomic E-state index is 12.0. The monoisotopic (exact) mass is 333 g/mol. The van der Waals surface area contributed by atoms with Gasteiger partial charge in [-0.3, -0.25) is 4.79 Å². The van der Waals surface area contributed by atoms with E-state index in [0.29, 0.717) is 36.8 Å². The van der Waals surface area contributed by atoms with E-state index in [9.17, 15) is 13.2 Å². The molecule has 5 nitrogen and oxygen atoms in total. The van der Waals surface area contributed by atoms with Crippen molar-refractivity contribution < 1.29 is 17.9 Å². The summed E-state index contributed by atoms with van der Waals surface area (Å²) in [5.74, 6) is 0.0939. The lowest BCUT2D eigenvalue weighted by molar-refractivity contribution is 0.0885. The summed E-state index contributed by atoms with van der Waals surface area (Å²) in [4.78, 5) is 12.0. The van der Waals surface area contributed by atoms with E-state index in [1.807, 2.05) is 13.8 Å². The molecule has 0 saturated heterocycles. The van der Waals surface area contributed by atoms with E-state index in [2.05, 4.69) is 5.32 Å². The molecule has 0 saturated carbocycles. The van der Waals surface area contributed by atoms with Crippen LogP contribution in [0.5, 0.6) is 0 Å². The van der Waals surface area contributed by atoms with Gasteiger partial charge in [-0.2, -0.15) is 0 Å². The van der Waals surface area contributed by atoms with Crippen LogP contribution < -0.4 is 5.32 Å². The molecule has 0 heterocycles. The maximum atomic E-state index is 12.0. The summed E-state index contributed by atoms with van der Waals surface area (Å²) in [6.45, 7) is 7.23. The third-order valence-corrected chi connectivity index (χ3v) is 4.07. The van der Waals surface area contributed by atoms with Crippen LogP contribution in [0.25, 0.3) is 0 Å². The second-order valence-electron chi connectivity index (χ2n) is 5.14. The van der Waals surface area contributed by atoms with Crippen LogP contribution in [0.3, 0.4) is 0 Å². The highest BCUT2D eigenvalue weighted by Crippen LogP contribution is 2.19. The number of rotatable bonds is 7. The molecule has 7 heteroatoms. The number of carbonyl (C=O) groups excluding carboxylic acids is 1. The van der Waals surface area contributed by atoms with Crippen molar-refractivity contribution in [2.24, 2.45) is 5.92 Å². The van der Waals surface area contributed by atoms with Gasteiger partial charge >= 0.3 is 0 Å². The molecule has 0 fully saturated rings. The van der Waals surface area contributed by atoms with Gasteiger partial charge in [0.25, 0.3) is 15.0 Å². The van der Waals surface area contributed by atoms with Gasteiger partial charge in [0.15, 0.2) is 0 Å². The normalized spacial score (nSPS) is 11.7. The van der Waals surface area contributed by atoms with Gasteiger partial charge in [0.1, 0.15) is 0 Å². The van der Waals surface area contributed by atoms with Crippen molar-refractivity contribution >= 4 is 25.6 Å². The lowest BCUT2D eigenvalue weighted by Gasteiger charge is -2.10. The maximum Gasteiger partial charge on any atom is 0.261 e. The van der Waals surface area contributed by atoms with Crippen LogP contribution in [0.15, 0.2) is 23.1 Å². The van der Waals surface area contributed by atoms with Gasteiger partial charge in [0.05, 0.1) is 11.5 Å². The molecule has 0 aliphatic rings. The highest BCUT2D eigenvalue weighted by atomic mass is 35.7. The van der Waals surface area contributed by atoms with Crippen molar-refractivity contribution in [3.63, 3.8) is 0 Å². The van der Waals surface area contributed by atoms with E-state index < -0.39 is 9.05 Å². The van der Waals surface area contributed by atoms with E-state index in [1.54, 1.807) is 13.0 Å². The second-order valence-corrected chi connectivity index (χ2v) is 7.71. The minimum Gasteiger partial charge on any atom is -0.379 e. The number of ether oxygens (including phenoxy) is 1. The van der Waals surface area contributed by atoms with E-state index in [0.717, 1.165) is 0 Å². The third-order valence-electron chi connectivity index (χ3n) is 2.72. The number of aryl methyl sites for hydroxylation is 1. The summed E-state index contributed by atoms with van der Waals surface area (Å²) >= 11 is 0. The van der Waals surface area contributed by atoms with Gasteiger partial charge in [-0.15, -0.1) is 0 Å². The summed E-state index contributed by atoms with van der Waals surface area (Å²) in [6, 6.07) is 4.21. The molecule has 21 heavy (non-hydrogen) atoms. The Morgan fingerprint density at radius 1 is 1.38 bits per heavy atom. The smallest absolute Gasteiger partial charge is 0.261 e. The molecule has 118 valence electrons. The fraction of sp³-hybridized carbons (Fsp3) is 0.500. The molecule has 0 unspecified atom stereocenters. The molecular weight excluding hydrogens is 314 g/mol. The highest BCUT2D eigenvalue weighted by molar-refractivity contribution is 8.13. The Morgan fingerprint density at radius 3 is 2.62 bits per heavy atom. The number of hydrogen-bond donors (Lipinski definition) is 1. The van der Waals surface area contributed by atoms with E-state index in [-0.39, 0.29) is 10.8 Å². The van der Waals surface area contributed by atoms with Crippen LogP contribution in [-0.2, 0) is 13.8 Å². The molecule has 0 aliphatic carbocycles. The van der Waals surface area contributed by atoms with Gasteiger partial charge in [-0.05, 0) is 30.5 Å². The highest BCUT2D eigenvalue weighted by Gasteiger charge is 2.15. The first-order valence-electron chi connectivity index (χ1n) is 6.63. The molecule has 0 bridgehead atoms. The number of hydrogen-bond acceptors (Lipinski definition) is 4. The molecule has 0 aromatic heterocycles. The van der Waals surface area contributed by atoms with E-state index in [1.165, 1.54) is 12.1 Å². The zero-order chi connectivity index (χ0) is 16.0. The summed E-state index contributed by atoms with van der Waals surface area (Å²) in [5, 5.41) is 2.69. The first-order valence-corrected chi connectivity index (χ1v) is 8.94. The largest absolute Gasteiger partial charge is 0.379 e. The van der Waals surface area contributed by atoms with Gasteiger partial charge in [0, 0.05) is 29.4 Å². The van der Waals surface area contributed by atoms with Crippen LogP contribution >= 0.6 is 10.7 Å². The van der Waals surface area contributed by atoms with Crippen LogP contribution in [0.2, 0.25) is 0 Å². The SMILES string of the molecule is Cc1ccc(S(=O)(=O)Cl)cc1C(=O)NCCOCC(C)C. The summed E-state index contributed by atoms with van der Waals surface area (Å²) in [7, 11) is 1.44. The topological polar surface area (TPSA) is 72.5 Å². The molecule has 1 aromatic carbocycles. The molecular formula is C14H20ClNO4S. The first kappa shape index (κ1) is 17.9. The second kappa shape index (κ2) is 7.77. The first-order chi connectivity index (χ1) is 9.71. The number of carbonyl (C=O) groups is 1. The van der Waals surface area contributed by atoms with Crippen molar-refractivity contribution in [3.05, 3.63) is 29.3 Å². The van der Waals surface area contributed by atoms with E-state index in [4.69, 9.17) is 15.4 Å². The van der Waals surface area contributed by atoms with Crippen molar-refractivity contribution in [2.45, 2.75) is 25.7 Å². The lowest BCUT2D eigenvalue weighted by Crippen LogP contribution is -2.28. The number of benzene rings is 1. The van der Waals surface area contributed by atoms with Gasteiger partial charge < -0.3 is 10.1 Å². The quantitative estimate of drug-likeness (QED) is 0.614. The van der Waals surface area contributed by atoms with Crippen molar-refractivity contribution in [2.75, 3.05) is 19.8 Å². The minimum absolute atomic E-state index is 0.0871. The molecule has 1 amide bonds. The molecule has 1 N–H and O–H groups in total. The molecule has 0 radical (unpaired) electrons. The lowest BCUT2D eigenvalue weighted by atomic mass is 10.1. The Bertz CT molecular complexity index is 599. The average molecular weight is 334 g/mol. The van der Waals surface area contributed by atoms with Crippen molar-refractivity contribution in [1.82, 2.24) is 5.32 Å². The molecule has 0 atom stereocenters. The predicted octanol–water partition coefficient (Wildman–Crippen LogP) is 2.32. The van der Waals surface area contributed by atoms with Gasteiger partial charge in [0.2, 0.25) is 0 Å². The number of amides is 1. The van der Waals surface area contributed by atoms with Gasteiger partial charge in [-0.25, -0.2) is 8.42 Å². The Labute approximate surface area is 130 Å². The standard InChI is InChI=1S/C14H20ClNO4S/c1-10(2)9-20-7-6-16-14(17)13-8-12(21(15,18)19)5-4-11(13)3/h4-5,8,10H,6-7,9H2,1-3H3,(H,16,17). The summed E-state index contributed by atoms with van der Waals surface area (Å²) < 4.78 is 27.9. The molecule has 1 rings (SSSR count). The number of nitrogens with one attached hydrogen (secondary N) is 1. The minimum atomic E-state index is -3.85. The zero-order valence-corrected chi connectivity index (χ0v) is 13.9. The average Bonchev–Trinajstić information content (AvgIpc) is 2.36. The molecule has 1 aromatic rings. The predicted molar refractivity (Wildman–Crippen MR) is 82.2 cm³/mol. The van der Waals surface area contributed by atoms with E-state index >= 15 is 0 Å². The van der Waals surface area contributed by atoms with Crippen LogP contribution in [-0.4, -0.2) is 34.1 Å². The Kier molecular flexibility index (Phi) is 6.64. The zero-order valence-electron chi connectivity index (χ0n) is 12.3. The summed E-state index contributed by atoms with van der Waals surface area (Å²) in [5.41, 5.74) is 0.972. The molecule has 0 aliphatic heterocycles. The van der Waals surface area contributed by atoms with Crippen LogP contribution in [0.1, 0.15) is 29.8 Å². The van der Waals surface area contributed by atoms with Crippen molar-refractivity contribution in [3.8, 4) is 0 Å². The van der Waals surface area contributed by atoms with Crippen LogP contribution in [0, 0.1) is 12.8 Å². The fourth-order valence-corrected chi connectivity index (χ4v) is 2.43. The van der Waals surface area contributed by atoms with Crippen molar-refractivity contribution in [1.29, 1.82) is 0 Å². The van der Waals surface area contributed by atoms with Crippen LogP contribution in [0.4, 0.5) is 0 Å². The summed E-state index contributed by atoms with van der Waals surface area (Å²) in [6.07, 6.45) is 0. The number of halogens is 1.